The van der Waals surface area contributed by atoms with Crippen LogP contribution in [-0.2, 0) is 14.2 Å². The molecule has 1 saturated carbocycles. The molecule has 98 valence electrons. The molecule has 0 aromatic rings. The Morgan fingerprint density at radius 2 is 1.71 bits per heavy atom. The molecule has 3 aliphatic rings. The fourth-order valence-electron chi connectivity index (χ4n) is 3.26. The first-order chi connectivity index (χ1) is 8.27. The van der Waals surface area contributed by atoms with E-state index in [0.29, 0.717) is 18.2 Å². The summed E-state index contributed by atoms with van der Waals surface area (Å²) < 4.78 is 17.1. The second-order valence-electron chi connectivity index (χ2n) is 5.52. The summed E-state index contributed by atoms with van der Waals surface area (Å²) in [4.78, 5) is 0. The summed E-state index contributed by atoms with van der Waals surface area (Å²) in [5.41, 5.74) is 0. The fourth-order valence-corrected chi connectivity index (χ4v) is 3.26. The van der Waals surface area contributed by atoms with Crippen molar-refractivity contribution in [1.29, 1.82) is 0 Å². The molecule has 2 aliphatic heterocycles. The zero-order valence-corrected chi connectivity index (χ0v) is 10.6. The number of hydrogen-bond donors (Lipinski definition) is 1. The Morgan fingerprint density at radius 1 is 1.00 bits per heavy atom. The Hall–Kier alpha value is -0.160. The van der Waals surface area contributed by atoms with Gasteiger partial charge in [-0.1, -0.05) is 0 Å². The van der Waals surface area contributed by atoms with E-state index in [4.69, 9.17) is 14.2 Å². The molecule has 2 unspecified atom stereocenters. The van der Waals surface area contributed by atoms with E-state index >= 15 is 0 Å². The van der Waals surface area contributed by atoms with Crippen molar-refractivity contribution in [3.8, 4) is 0 Å². The van der Waals surface area contributed by atoms with E-state index < -0.39 is 0 Å². The highest BCUT2D eigenvalue weighted by Gasteiger charge is 2.41. The van der Waals surface area contributed by atoms with Gasteiger partial charge in [0, 0.05) is 31.5 Å². The lowest BCUT2D eigenvalue weighted by Gasteiger charge is -2.37. The van der Waals surface area contributed by atoms with Crippen LogP contribution in [0, 0.1) is 0 Å². The van der Waals surface area contributed by atoms with Gasteiger partial charge in [0.25, 0.3) is 0 Å². The van der Waals surface area contributed by atoms with E-state index in [1.807, 2.05) is 0 Å². The van der Waals surface area contributed by atoms with Crippen LogP contribution in [0.3, 0.4) is 0 Å². The van der Waals surface area contributed by atoms with Crippen LogP contribution in [0.1, 0.15) is 39.0 Å². The minimum Gasteiger partial charge on any atom is -0.377 e. The van der Waals surface area contributed by atoms with Gasteiger partial charge in [0.05, 0.1) is 19.3 Å². The molecule has 3 fully saturated rings. The third-order valence-corrected chi connectivity index (χ3v) is 4.39. The molecule has 3 rings (SSSR count). The van der Waals surface area contributed by atoms with Crippen LogP contribution in [0.4, 0.5) is 0 Å². The summed E-state index contributed by atoms with van der Waals surface area (Å²) in [5.74, 6) is -0.226. The van der Waals surface area contributed by atoms with Gasteiger partial charge in [0.15, 0.2) is 5.79 Å². The second-order valence-corrected chi connectivity index (χ2v) is 5.52. The lowest BCUT2D eigenvalue weighted by Crippen LogP contribution is -2.47. The van der Waals surface area contributed by atoms with E-state index in [0.717, 1.165) is 51.9 Å². The molecule has 0 aromatic carbocycles. The molecule has 0 bridgehead atoms. The Kier molecular flexibility index (Phi) is 3.39. The van der Waals surface area contributed by atoms with Gasteiger partial charge in [-0.25, -0.2) is 0 Å². The summed E-state index contributed by atoms with van der Waals surface area (Å²) in [5, 5.41) is 3.74. The SMILES string of the molecule is CC1OCCC1NC1CCC2(CC1)OCCO2. The summed E-state index contributed by atoms with van der Waals surface area (Å²) in [6.45, 7) is 4.61. The average Bonchev–Trinajstić information content (AvgIpc) is 2.94. The largest absolute Gasteiger partial charge is 0.377 e. The summed E-state index contributed by atoms with van der Waals surface area (Å²) >= 11 is 0. The molecular weight excluding hydrogens is 218 g/mol. The van der Waals surface area contributed by atoms with Crippen molar-refractivity contribution in [2.24, 2.45) is 0 Å². The van der Waals surface area contributed by atoms with Gasteiger partial charge in [-0.15, -0.1) is 0 Å². The van der Waals surface area contributed by atoms with Gasteiger partial charge in [0.2, 0.25) is 0 Å². The first-order valence-electron chi connectivity index (χ1n) is 6.93. The summed E-state index contributed by atoms with van der Waals surface area (Å²) in [6, 6.07) is 1.15. The molecule has 0 radical (unpaired) electrons. The third-order valence-electron chi connectivity index (χ3n) is 4.39. The normalized spacial score (nSPS) is 37.9. The highest BCUT2D eigenvalue weighted by Crippen LogP contribution is 2.36. The van der Waals surface area contributed by atoms with Gasteiger partial charge >= 0.3 is 0 Å². The minimum absolute atomic E-state index is 0.226. The predicted octanol–water partition coefficient (Wildman–Crippen LogP) is 1.44. The Morgan fingerprint density at radius 3 is 2.29 bits per heavy atom. The van der Waals surface area contributed by atoms with Crippen LogP contribution in [0.2, 0.25) is 0 Å². The smallest absolute Gasteiger partial charge is 0.168 e. The average molecular weight is 241 g/mol. The van der Waals surface area contributed by atoms with Gasteiger partial charge in [-0.2, -0.15) is 0 Å². The van der Waals surface area contributed by atoms with Crippen LogP contribution >= 0.6 is 0 Å². The minimum atomic E-state index is -0.226. The molecule has 17 heavy (non-hydrogen) atoms. The van der Waals surface area contributed by atoms with Crippen molar-refractivity contribution < 1.29 is 14.2 Å². The molecule has 2 saturated heterocycles. The van der Waals surface area contributed by atoms with E-state index in [-0.39, 0.29) is 5.79 Å². The standard InChI is InChI=1S/C13H23NO3/c1-10-12(4-7-15-10)14-11-2-5-13(6-3-11)16-8-9-17-13/h10-12,14H,2-9H2,1H3. The van der Waals surface area contributed by atoms with Crippen molar-refractivity contribution in [3.05, 3.63) is 0 Å². The monoisotopic (exact) mass is 241 g/mol. The van der Waals surface area contributed by atoms with E-state index in [1.165, 1.54) is 0 Å². The lowest BCUT2D eigenvalue weighted by atomic mass is 9.89. The first kappa shape index (κ1) is 11.9. The number of ether oxygens (including phenoxy) is 3. The molecule has 1 N–H and O–H groups in total. The second kappa shape index (κ2) is 4.84. The maximum absolute atomic E-state index is 5.75. The van der Waals surface area contributed by atoms with Crippen molar-refractivity contribution >= 4 is 0 Å². The molecule has 2 atom stereocenters. The number of hydrogen-bond acceptors (Lipinski definition) is 4. The summed E-state index contributed by atoms with van der Waals surface area (Å²) in [6.07, 6.45) is 5.89. The van der Waals surface area contributed by atoms with Crippen molar-refractivity contribution in [2.75, 3.05) is 19.8 Å². The number of nitrogens with one attached hydrogen (secondary N) is 1. The zero-order chi connectivity index (χ0) is 11.7. The van der Waals surface area contributed by atoms with Crippen LogP contribution in [-0.4, -0.2) is 43.8 Å². The Labute approximate surface area is 103 Å². The molecule has 2 heterocycles. The highest BCUT2D eigenvalue weighted by atomic mass is 16.7. The molecule has 1 aliphatic carbocycles. The van der Waals surface area contributed by atoms with Crippen LogP contribution < -0.4 is 5.32 Å². The highest BCUT2D eigenvalue weighted by molar-refractivity contribution is 4.89. The maximum atomic E-state index is 5.75. The maximum Gasteiger partial charge on any atom is 0.168 e. The topological polar surface area (TPSA) is 39.7 Å². The molecule has 4 heteroatoms. The summed E-state index contributed by atoms with van der Waals surface area (Å²) in [7, 11) is 0. The van der Waals surface area contributed by atoms with Crippen LogP contribution in [0.15, 0.2) is 0 Å². The number of rotatable bonds is 2. The lowest BCUT2D eigenvalue weighted by molar-refractivity contribution is -0.179. The molecule has 4 nitrogen and oxygen atoms in total. The van der Waals surface area contributed by atoms with Crippen molar-refractivity contribution in [3.63, 3.8) is 0 Å². The Balaban J connectivity index is 1.48. The van der Waals surface area contributed by atoms with Gasteiger partial charge < -0.3 is 19.5 Å². The quantitative estimate of drug-likeness (QED) is 0.794. The first-order valence-corrected chi connectivity index (χ1v) is 6.93. The van der Waals surface area contributed by atoms with Crippen LogP contribution in [0.5, 0.6) is 0 Å². The third kappa shape index (κ3) is 2.50. The zero-order valence-electron chi connectivity index (χ0n) is 10.6. The predicted molar refractivity (Wildman–Crippen MR) is 63.8 cm³/mol. The molecule has 0 amide bonds. The molecule has 1 spiro atoms. The van der Waals surface area contributed by atoms with Crippen molar-refractivity contribution in [2.45, 2.75) is 63.0 Å². The van der Waals surface area contributed by atoms with Gasteiger partial charge in [-0.3, -0.25) is 0 Å². The van der Waals surface area contributed by atoms with E-state index in [2.05, 4.69) is 12.2 Å². The Bertz CT molecular complexity index is 255. The molecule has 0 aromatic heterocycles. The fraction of sp³-hybridized carbons (Fsp3) is 1.00. The van der Waals surface area contributed by atoms with E-state index in [9.17, 15) is 0 Å². The molecular formula is C13H23NO3. The van der Waals surface area contributed by atoms with Gasteiger partial charge in [0.1, 0.15) is 0 Å². The van der Waals surface area contributed by atoms with Crippen LogP contribution in [0.25, 0.3) is 0 Å². The van der Waals surface area contributed by atoms with Gasteiger partial charge in [-0.05, 0) is 26.2 Å². The van der Waals surface area contributed by atoms with Crippen molar-refractivity contribution in [1.82, 2.24) is 5.32 Å². The van der Waals surface area contributed by atoms with E-state index in [1.54, 1.807) is 0 Å².